The second kappa shape index (κ2) is 8.37. The summed E-state index contributed by atoms with van der Waals surface area (Å²) in [6, 6.07) is 5.92. The molecule has 2 amide bonds. The van der Waals surface area contributed by atoms with Crippen molar-refractivity contribution in [1.82, 2.24) is 19.8 Å². The van der Waals surface area contributed by atoms with E-state index < -0.39 is 0 Å². The minimum atomic E-state index is -0.154. The molecule has 144 valence electrons. The predicted molar refractivity (Wildman–Crippen MR) is 104 cm³/mol. The molecule has 1 aliphatic heterocycles. The maximum Gasteiger partial charge on any atom is 0.253 e. The summed E-state index contributed by atoms with van der Waals surface area (Å²) in [4.78, 5) is 31.4. The summed E-state index contributed by atoms with van der Waals surface area (Å²) in [7, 11) is 0. The fraction of sp³-hybridized carbons (Fsp3) is 0.476. The minimum Gasteiger partial charge on any atom is -0.352 e. The molecule has 2 heterocycles. The van der Waals surface area contributed by atoms with E-state index in [0.29, 0.717) is 25.2 Å². The van der Waals surface area contributed by atoms with E-state index in [2.05, 4.69) is 16.4 Å². The Morgan fingerprint density at radius 1 is 1.26 bits per heavy atom. The zero-order chi connectivity index (χ0) is 19.4. The first kappa shape index (κ1) is 19.1. The molecule has 0 spiro atoms. The average molecular weight is 368 g/mol. The monoisotopic (exact) mass is 368 g/mol. The number of hydrogen-bond donors (Lipinski definition) is 1. The Morgan fingerprint density at radius 2 is 2.00 bits per heavy atom. The Labute approximate surface area is 160 Å². The average Bonchev–Trinajstić information content (AvgIpc) is 3.13. The smallest absolute Gasteiger partial charge is 0.253 e. The van der Waals surface area contributed by atoms with E-state index in [1.165, 1.54) is 0 Å². The lowest BCUT2D eigenvalue weighted by atomic mass is 9.95. The molecule has 0 aliphatic carbocycles. The van der Waals surface area contributed by atoms with Crippen molar-refractivity contribution < 1.29 is 9.59 Å². The number of likely N-dealkylation sites (tertiary alicyclic amines) is 1. The van der Waals surface area contributed by atoms with Crippen molar-refractivity contribution in [2.75, 3.05) is 13.1 Å². The number of nitrogens with zero attached hydrogens (tertiary/aromatic N) is 3. The van der Waals surface area contributed by atoms with Crippen LogP contribution in [0, 0.1) is 19.8 Å². The van der Waals surface area contributed by atoms with Gasteiger partial charge in [-0.15, -0.1) is 0 Å². The Morgan fingerprint density at radius 3 is 2.67 bits per heavy atom. The third kappa shape index (κ3) is 4.96. The Kier molecular flexibility index (Phi) is 5.94. The summed E-state index contributed by atoms with van der Waals surface area (Å²) in [5.41, 5.74) is 2.87. The lowest BCUT2D eigenvalue weighted by Gasteiger charge is -2.33. The van der Waals surface area contributed by atoms with Crippen molar-refractivity contribution in [3.63, 3.8) is 0 Å². The highest BCUT2D eigenvalue weighted by Crippen LogP contribution is 2.20. The van der Waals surface area contributed by atoms with Gasteiger partial charge in [-0.1, -0.05) is 17.2 Å². The number of amides is 2. The molecule has 2 atom stereocenters. The fourth-order valence-electron chi connectivity index (χ4n) is 3.77. The zero-order valence-corrected chi connectivity index (χ0v) is 16.3. The number of aryl methyl sites for hydroxylation is 2. The van der Waals surface area contributed by atoms with Crippen molar-refractivity contribution >= 4 is 11.8 Å². The summed E-state index contributed by atoms with van der Waals surface area (Å²) in [5, 5.41) is 3.08. The van der Waals surface area contributed by atoms with E-state index in [-0.39, 0.29) is 23.8 Å². The van der Waals surface area contributed by atoms with E-state index in [4.69, 9.17) is 0 Å². The van der Waals surface area contributed by atoms with Crippen LogP contribution in [0.3, 0.4) is 0 Å². The van der Waals surface area contributed by atoms with Crippen molar-refractivity contribution in [1.29, 1.82) is 0 Å². The van der Waals surface area contributed by atoms with Crippen LogP contribution >= 0.6 is 0 Å². The molecule has 1 aliphatic rings. The molecule has 6 heteroatoms. The number of benzene rings is 1. The number of rotatable bonds is 5. The quantitative estimate of drug-likeness (QED) is 0.882. The summed E-state index contributed by atoms with van der Waals surface area (Å²) in [6.07, 6.45) is 7.03. The van der Waals surface area contributed by atoms with Gasteiger partial charge in [0.15, 0.2) is 0 Å². The standard InChI is InChI=1S/C21H28N4O2/c1-15-9-16(2)11-19(10-15)21(27)25-7-4-5-18(13-25)20(26)23-17(3)12-24-8-6-22-14-24/h6,8-11,14,17-18H,4-5,7,12-13H2,1-3H3,(H,23,26). The summed E-state index contributed by atoms with van der Waals surface area (Å²) in [5.74, 6) is -0.106. The Bertz CT molecular complexity index is 780. The number of carbonyl (C=O) groups excluding carboxylic acids is 2. The summed E-state index contributed by atoms with van der Waals surface area (Å²) >= 11 is 0. The second-order valence-electron chi connectivity index (χ2n) is 7.64. The highest BCUT2D eigenvalue weighted by molar-refractivity contribution is 5.95. The van der Waals surface area contributed by atoms with Crippen LogP contribution < -0.4 is 5.32 Å². The maximum atomic E-state index is 12.9. The molecule has 1 N–H and O–H groups in total. The van der Waals surface area contributed by atoms with Crippen LogP contribution in [0.4, 0.5) is 0 Å². The Hall–Kier alpha value is -2.63. The molecule has 1 fully saturated rings. The number of imidazole rings is 1. The highest BCUT2D eigenvalue weighted by atomic mass is 16.2. The first-order valence-corrected chi connectivity index (χ1v) is 9.56. The number of nitrogens with one attached hydrogen (secondary N) is 1. The third-order valence-electron chi connectivity index (χ3n) is 4.98. The van der Waals surface area contributed by atoms with Gasteiger partial charge in [0.25, 0.3) is 5.91 Å². The van der Waals surface area contributed by atoms with Crippen molar-refractivity contribution in [3.05, 3.63) is 53.6 Å². The SMILES string of the molecule is Cc1cc(C)cc(C(=O)N2CCCC(C(=O)NC(C)Cn3ccnc3)C2)c1. The molecule has 6 nitrogen and oxygen atoms in total. The van der Waals surface area contributed by atoms with Crippen molar-refractivity contribution in [3.8, 4) is 0 Å². The van der Waals surface area contributed by atoms with Gasteiger partial charge in [0.05, 0.1) is 12.2 Å². The van der Waals surface area contributed by atoms with Gasteiger partial charge in [-0.25, -0.2) is 4.98 Å². The van der Waals surface area contributed by atoms with Gasteiger partial charge >= 0.3 is 0 Å². The summed E-state index contributed by atoms with van der Waals surface area (Å²) < 4.78 is 1.95. The third-order valence-corrected chi connectivity index (χ3v) is 4.98. The van der Waals surface area contributed by atoms with Gasteiger partial charge in [-0.3, -0.25) is 9.59 Å². The van der Waals surface area contributed by atoms with Gasteiger partial charge in [0.1, 0.15) is 0 Å². The topological polar surface area (TPSA) is 67.2 Å². The molecule has 2 unspecified atom stereocenters. The molecule has 1 aromatic heterocycles. The van der Waals surface area contributed by atoms with Gasteiger partial charge in [-0.05, 0) is 45.7 Å². The predicted octanol–water partition coefficient (Wildman–Crippen LogP) is 2.56. The minimum absolute atomic E-state index is 0.0113. The lowest BCUT2D eigenvalue weighted by molar-refractivity contribution is -0.127. The van der Waals surface area contributed by atoms with Crippen molar-refractivity contribution in [2.45, 2.75) is 46.2 Å². The second-order valence-corrected chi connectivity index (χ2v) is 7.64. The van der Waals surface area contributed by atoms with Crippen LogP contribution in [0.2, 0.25) is 0 Å². The van der Waals surface area contributed by atoms with E-state index in [1.807, 2.05) is 48.6 Å². The van der Waals surface area contributed by atoms with Gasteiger partial charge in [0.2, 0.25) is 5.91 Å². The van der Waals surface area contributed by atoms with Crippen LogP contribution in [0.1, 0.15) is 41.3 Å². The first-order chi connectivity index (χ1) is 12.9. The number of aromatic nitrogens is 2. The molecule has 3 rings (SSSR count). The molecule has 0 radical (unpaired) electrons. The first-order valence-electron chi connectivity index (χ1n) is 9.56. The van der Waals surface area contributed by atoms with Crippen LogP contribution in [0.15, 0.2) is 36.9 Å². The molecule has 0 saturated carbocycles. The number of hydrogen-bond acceptors (Lipinski definition) is 3. The molecule has 27 heavy (non-hydrogen) atoms. The zero-order valence-electron chi connectivity index (χ0n) is 16.3. The number of piperidine rings is 1. The number of carbonyl (C=O) groups is 2. The molecular weight excluding hydrogens is 340 g/mol. The van der Waals surface area contributed by atoms with Crippen LogP contribution in [-0.4, -0.2) is 45.4 Å². The molecule has 0 bridgehead atoms. The Balaban J connectivity index is 1.59. The fourth-order valence-corrected chi connectivity index (χ4v) is 3.77. The lowest BCUT2D eigenvalue weighted by Crippen LogP contribution is -2.47. The largest absolute Gasteiger partial charge is 0.352 e. The van der Waals surface area contributed by atoms with Crippen LogP contribution in [-0.2, 0) is 11.3 Å². The van der Waals surface area contributed by atoms with E-state index >= 15 is 0 Å². The van der Waals surface area contributed by atoms with E-state index in [0.717, 1.165) is 24.0 Å². The molecular formula is C21H28N4O2. The van der Waals surface area contributed by atoms with Crippen LogP contribution in [0.25, 0.3) is 0 Å². The molecule has 1 aromatic carbocycles. The maximum absolute atomic E-state index is 12.9. The van der Waals surface area contributed by atoms with Crippen LogP contribution in [0.5, 0.6) is 0 Å². The molecule has 2 aromatic rings. The van der Waals surface area contributed by atoms with Gasteiger partial charge < -0.3 is 14.8 Å². The van der Waals surface area contributed by atoms with E-state index in [1.54, 1.807) is 12.5 Å². The normalized spacial score (nSPS) is 18.2. The van der Waals surface area contributed by atoms with E-state index in [9.17, 15) is 9.59 Å². The highest BCUT2D eigenvalue weighted by Gasteiger charge is 2.29. The summed E-state index contributed by atoms with van der Waals surface area (Å²) in [6.45, 7) is 7.86. The molecule has 1 saturated heterocycles. The van der Waals surface area contributed by atoms with Crippen molar-refractivity contribution in [2.24, 2.45) is 5.92 Å². The van der Waals surface area contributed by atoms with Gasteiger partial charge in [0, 0.05) is 43.6 Å². The van der Waals surface area contributed by atoms with Gasteiger partial charge in [-0.2, -0.15) is 0 Å².